The summed E-state index contributed by atoms with van der Waals surface area (Å²) in [6.07, 6.45) is 1.67. The number of para-hydroxylation sites is 1. The van der Waals surface area contributed by atoms with E-state index in [1.165, 1.54) is 0 Å². The molecule has 3 unspecified atom stereocenters. The molecule has 0 aliphatic carbocycles. The summed E-state index contributed by atoms with van der Waals surface area (Å²) in [4.78, 5) is 14.6. The van der Waals surface area contributed by atoms with Crippen LogP contribution in [0.1, 0.15) is 31.4 Å². The van der Waals surface area contributed by atoms with Crippen molar-refractivity contribution in [2.24, 2.45) is 11.7 Å². The number of benzene rings is 1. The molecule has 2 aliphatic rings. The van der Waals surface area contributed by atoms with Gasteiger partial charge in [-0.05, 0) is 31.4 Å². The van der Waals surface area contributed by atoms with Crippen molar-refractivity contribution in [3.8, 4) is 0 Å². The van der Waals surface area contributed by atoms with Gasteiger partial charge in [0.2, 0.25) is 5.91 Å². The zero-order valence-electron chi connectivity index (χ0n) is 11.2. The maximum absolute atomic E-state index is 12.7. The number of hydrogen-bond donors (Lipinski definition) is 1. The first-order valence-electron chi connectivity index (χ1n) is 6.96. The SMILES string of the molecule is CC1OCCC1C(=O)N1CCC(N)c2ccccc21. The first-order chi connectivity index (χ1) is 9.18. The quantitative estimate of drug-likeness (QED) is 0.838. The second-order valence-electron chi connectivity index (χ2n) is 5.41. The molecule has 0 spiro atoms. The molecule has 2 heterocycles. The number of amides is 1. The Bertz CT molecular complexity index is 489. The number of carbonyl (C=O) groups excluding carboxylic acids is 1. The minimum Gasteiger partial charge on any atom is -0.378 e. The molecule has 0 bridgehead atoms. The van der Waals surface area contributed by atoms with Gasteiger partial charge in [0.25, 0.3) is 0 Å². The Morgan fingerprint density at radius 3 is 2.89 bits per heavy atom. The van der Waals surface area contributed by atoms with Gasteiger partial charge in [0.05, 0.1) is 12.0 Å². The van der Waals surface area contributed by atoms with Crippen molar-refractivity contribution in [3.05, 3.63) is 29.8 Å². The lowest BCUT2D eigenvalue weighted by molar-refractivity contribution is -0.123. The molecule has 102 valence electrons. The molecule has 1 saturated heterocycles. The molecule has 3 atom stereocenters. The highest BCUT2D eigenvalue weighted by Gasteiger charge is 2.36. The van der Waals surface area contributed by atoms with E-state index >= 15 is 0 Å². The molecule has 3 rings (SSSR count). The summed E-state index contributed by atoms with van der Waals surface area (Å²) < 4.78 is 5.51. The van der Waals surface area contributed by atoms with E-state index in [1.54, 1.807) is 0 Å². The third kappa shape index (κ3) is 2.15. The van der Waals surface area contributed by atoms with Gasteiger partial charge in [-0.15, -0.1) is 0 Å². The standard InChI is InChI=1S/C15H20N2O2/c1-10-11(7-9-19-10)15(18)17-8-6-13(16)12-4-2-3-5-14(12)17/h2-5,10-11,13H,6-9,16H2,1H3. The predicted molar refractivity (Wildman–Crippen MR) is 73.9 cm³/mol. The average Bonchev–Trinajstić information content (AvgIpc) is 2.85. The number of fused-ring (bicyclic) bond motifs is 1. The number of ether oxygens (including phenoxy) is 1. The number of hydrogen-bond acceptors (Lipinski definition) is 3. The van der Waals surface area contributed by atoms with Gasteiger partial charge in [0.15, 0.2) is 0 Å². The normalized spacial score (nSPS) is 30.2. The third-order valence-corrected chi connectivity index (χ3v) is 4.25. The highest BCUT2D eigenvalue weighted by Crippen LogP contribution is 2.34. The summed E-state index contributed by atoms with van der Waals surface area (Å²) in [5.41, 5.74) is 8.18. The zero-order valence-corrected chi connectivity index (χ0v) is 11.2. The first kappa shape index (κ1) is 12.6. The lowest BCUT2D eigenvalue weighted by atomic mass is 9.94. The lowest BCUT2D eigenvalue weighted by Crippen LogP contribution is -2.43. The summed E-state index contributed by atoms with van der Waals surface area (Å²) >= 11 is 0. The smallest absolute Gasteiger partial charge is 0.232 e. The van der Waals surface area contributed by atoms with Crippen LogP contribution in [0.5, 0.6) is 0 Å². The Hall–Kier alpha value is -1.39. The van der Waals surface area contributed by atoms with Crippen LogP contribution < -0.4 is 10.6 Å². The van der Waals surface area contributed by atoms with E-state index < -0.39 is 0 Å². The van der Waals surface area contributed by atoms with Crippen LogP contribution in [0.4, 0.5) is 5.69 Å². The molecular formula is C15H20N2O2. The Labute approximate surface area is 113 Å². The molecule has 4 heteroatoms. The summed E-state index contributed by atoms with van der Waals surface area (Å²) in [5.74, 6) is 0.173. The van der Waals surface area contributed by atoms with Crippen LogP contribution in [-0.4, -0.2) is 25.2 Å². The fourth-order valence-electron chi connectivity index (χ4n) is 3.08. The molecule has 1 amide bonds. The molecule has 1 aromatic carbocycles. The molecule has 1 fully saturated rings. The van der Waals surface area contributed by atoms with Gasteiger partial charge in [0, 0.05) is 24.9 Å². The zero-order chi connectivity index (χ0) is 13.4. The molecule has 4 nitrogen and oxygen atoms in total. The van der Waals surface area contributed by atoms with E-state index in [1.807, 2.05) is 36.1 Å². The van der Waals surface area contributed by atoms with Gasteiger partial charge in [-0.2, -0.15) is 0 Å². The van der Waals surface area contributed by atoms with Crippen molar-refractivity contribution < 1.29 is 9.53 Å². The van der Waals surface area contributed by atoms with E-state index in [9.17, 15) is 4.79 Å². The highest BCUT2D eigenvalue weighted by molar-refractivity contribution is 5.96. The van der Waals surface area contributed by atoms with Crippen molar-refractivity contribution in [2.45, 2.75) is 31.9 Å². The number of nitrogens with zero attached hydrogens (tertiary/aromatic N) is 1. The minimum absolute atomic E-state index is 0.0117. The first-order valence-corrected chi connectivity index (χ1v) is 6.96. The van der Waals surface area contributed by atoms with E-state index in [2.05, 4.69) is 0 Å². The fraction of sp³-hybridized carbons (Fsp3) is 0.533. The van der Waals surface area contributed by atoms with Gasteiger partial charge < -0.3 is 15.4 Å². The second-order valence-corrected chi connectivity index (χ2v) is 5.41. The van der Waals surface area contributed by atoms with Crippen LogP contribution in [-0.2, 0) is 9.53 Å². The number of rotatable bonds is 1. The maximum Gasteiger partial charge on any atom is 0.232 e. The Morgan fingerprint density at radius 2 is 2.16 bits per heavy atom. The van der Waals surface area contributed by atoms with Crippen molar-refractivity contribution in [3.63, 3.8) is 0 Å². The largest absolute Gasteiger partial charge is 0.378 e. The minimum atomic E-state index is -0.0117. The van der Waals surface area contributed by atoms with Crippen LogP contribution in [0, 0.1) is 5.92 Å². The third-order valence-electron chi connectivity index (χ3n) is 4.25. The van der Waals surface area contributed by atoms with Crippen LogP contribution >= 0.6 is 0 Å². The van der Waals surface area contributed by atoms with E-state index in [-0.39, 0.29) is 24.0 Å². The maximum atomic E-state index is 12.7. The Balaban J connectivity index is 1.90. The Morgan fingerprint density at radius 1 is 1.37 bits per heavy atom. The topological polar surface area (TPSA) is 55.6 Å². The summed E-state index contributed by atoms with van der Waals surface area (Å²) in [6.45, 7) is 3.38. The van der Waals surface area contributed by atoms with Gasteiger partial charge in [-0.1, -0.05) is 18.2 Å². The fourth-order valence-corrected chi connectivity index (χ4v) is 3.08. The van der Waals surface area contributed by atoms with Crippen molar-refractivity contribution in [1.82, 2.24) is 0 Å². The molecule has 0 aromatic heterocycles. The van der Waals surface area contributed by atoms with Crippen molar-refractivity contribution in [1.29, 1.82) is 0 Å². The van der Waals surface area contributed by atoms with E-state index in [0.29, 0.717) is 13.2 Å². The molecule has 2 aliphatic heterocycles. The molecular weight excluding hydrogens is 240 g/mol. The van der Waals surface area contributed by atoms with Crippen LogP contribution in [0.3, 0.4) is 0 Å². The molecule has 19 heavy (non-hydrogen) atoms. The van der Waals surface area contributed by atoms with Crippen LogP contribution in [0.25, 0.3) is 0 Å². The Kier molecular flexibility index (Phi) is 3.29. The summed E-state index contributed by atoms with van der Waals surface area (Å²) in [5, 5.41) is 0. The molecule has 0 radical (unpaired) electrons. The molecule has 2 N–H and O–H groups in total. The van der Waals surface area contributed by atoms with Crippen LogP contribution in [0.15, 0.2) is 24.3 Å². The predicted octanol–water partition coefficient (Wildman–Crippen LogP) is 1.85. The van der Waals surface area contributed by atoms with Gasteiger partial charge >= 0.3 is 0 Å². The van der Waals surface area contributed by atoms with Crippen molar-refractivity contribution in [2.75, 3.05) is 18.1 Å². The van der Waals surface area contributed by atoms with E-state index in [0.717, 1.165) is 24.1 Å². The van der Waals surface area contributed by atoms with Gasteiger partial charge in [-0.25, -0.2) is 0 Å². The van der Waals surface area contributed by atoms with Gasteiger partial charge in [-0.3, -0.25) is 4.79 Å². The second kappa shape index (κ2) is 4.94. The number of anilines is 1. The molecule has 0 saturated carbocycles. The van der Waals surface area contributed by atoms with Crippen molar-refractivity contribution >= 4 is 11.6 Å². The summed E-state index contributed by atoms with van der Waals surface area (Å²) in [7, 11) is 0. The van der Waals surface area contributed by atoms with Crippen LogP contribution in [0.2, 0.25) is 0 Å². The highest BCUT2D eigenvalue weighted by atomic mass is 16.5. The van der Waals surface area contributed by atoms with E-state index in [4.69, 9.17) is 10.5 Å². The molecule has 1 aromatic rings. The summed E-state index contributed by atoms with van der Waals surface area (Å²) in [6, 6.07) is 8.00. The number of nitrogens with two attached hydrogens (primary N) is 1. The monoisotopic (exact) mass is 260 g/mol. The number of carbonyl (C=O) groups is 1. The average molecular weight is 260 g/mol. The van der Waals surface area contributed by atoms with Gasteiger partial charge in [0.1, 0.15) is 0 Å². The lowest BCUT2D eigenvalue weighted by Gasteiger charge is -2.34.